The first-order valence-corrected chi connectivity index (χ1v) is 11.1. The number of aliphatic hydroxyl groups is 5. The van der Waals surface area contributed by atoms with Gasteiger partial charge in [-0.2, -0.15) is 4.98 Å². The van der Waals surface area contributed by atoms with E-state index in [1.165, 1.54) is 0 Å². The fraction of sp³-hybridized carbons (Fsp3) is 0.320. The molecule has 0 radical (unpaired) electrons. The van der Waals surface area contributed by atoms with Crippen molar-refractivity contribution in [2.75, 3.05) is 25.1 Å². The van der Waals surface area contributed by atoms with Gasteiger partial charge in [-0.1, -0.05) is 48.0 Å². The molecule has 0 spiro atoms. The van der Waals surface area contributed by atoms with Gasteiger partial charge in [-0.25, -0.2) is 9.97 Å². The molecule has 2 aromatic heterocycles. The van der Waals surface area contributed by atoms with E-state index in [1.807, 2.05) is 61.5 Å². The molecule has 184 valence electrons. The Hall–Kier alpha value is -3.41. The topological polar surface area (TPSA) is 156 Å². The molecule has 2 aromatic carbocycles. The number of benzene rings is 2. The average molecular weight is 481 g/mol. The molecule has 2 heterocycles. The largest absolute Gasteiger partial charge is 0.430 e. The van der Waals surface area contributed by atoms with Gasteiger partial charge in [0, 0.05) is 24.7 Å². The number of fused-ring (bicyclic) bond motifs is 1. The van der Waals surface area contributed by atoms with Gasteiger partial charge in [-0.15, -0.1) is 0 Å². The molecule has 0 aliphatic rings. The summed E-state index contributed by atoms with van der Waals surface area (Å²) in [6.45, 7) is 1.06. The molecule has 10 nitrogen and oxygen atoms in total. The third kappa shape index (κ3) is 5.31. The highest BCUT2D eigenvalue weighted by molar-refractivity contribution is 5.85. The van der Waals surface area contributed by atoms with Crippen molar-refractivity contribution in [1.29, 1.82) is 0 Å². The van der Waals surface area contributed by atoms with E-state index >= 15 is 0 Å². The van der Waals surface area contributed by atoms with Crippen molar-refractivity contribution in [3.8, 4) is 22.8 Å². The van der Waals surface area contributed by atoms with Crippen LogP contribution < -0.4 is 4.90 Å². The smallest absolute Gasteiger partial charge is 0.229 e. The molecule has 0 aliphatic heterocycles. The number of hydrogen-bond donors (Lipinski definition) is 5. The van der Waals surface area contributed by atoms with Crippen LogP contribution in [0.4, 0.5) is 5.82 Å². The summed E-state index contributed by atoms with van der Waals surface area (Å²) in [4.78, 5) is 15.3. The van der Waals surface area contributed by atoms with Crippen molar-refractivity contribution in [1.82, 2.24) is 15.0 Å². The van der Waals surface area contributed by atoms with E-state index in [9.17, 15) is 20.4 Å². The minimum absolute atomic E-state index is 0.169. The third-order valence-corrected chi connectivity index (χ3v) is 5.71. The minimum Gasteiger partial charge on any atom is -0.430 e. The summed E-state index contributed by atoms with van der Waals surface area (Å²) in [6, 6.07) is 17.0. The molecule has 0 fully saturated rings. The molecule has 5 N–H and O–H groups in total. The van der Waals surface area contributed by atoms with Gasteiger partial charge < -0.3 is 34.8 Å². The highest BCUT2D eigenvalue weighted by Crippen LogP contribution is 2.31. The number of aliphatic hydroxyl groups excluding tert-OH is 5. The second kappa shape index (κ2) is 10.5. The second-order valence-corrected chi connectivity index (χ2v) is 8.45. The van der Waals surface area contributed by atoms with Crippen LogP contribution in [0.25, 0.3) is 34.1 Å². The highest BCUT2D eigenvalue weighted by Gasteiger charge is 2.31. The monoisotopic (exact) mass is 480 g/mol. The number of aryl methyl sites for hydroxylation is 1. The Balaban J connectivity index is 1.73. The van der Waals surface area contributed by atoms with Crippen molar-refractivity contribution >= 4 is 17.0 Å². The standard InChI is InChI=1S/C25H28N4O6/c1-14-8-10-16(11-9-14)25-28-23-21(35-25)24(27-22(26-23)15-6-4-3-5-7-15)29(2)12-17(31)19(33)20(34)18(32)13-30/h3-11,17-20,30-34H,12-13H2,1-2H3. The average Bonchev–Trinajstić information content (AvgIpc) is 3.31. The van der Waals surface area contributed by atoms with Crippen molar-refractivity contribution < 1.29 is 29.9 Å². The van der Waals surface area contributed by atoms with Crippen LogP contribution in [0.3, 0.4) is 0 Å². The first-order chi connectivity index (χ1) is 16.8. The molecule has 4 atom stereocenters. The van der Waals surface area contributed by atoms with Gasteiger partial charge in [0.1, 0.15) is 18.3 Å². The fourth-order valence-electron chi connectivity index (χ4n) is 3.64. The zero-order valence-electron chi connectivity index (χ0n) is 19.4. The molecule has 0 saturated heterocycles. The van der Waals surface area contributed by atoms with Crippen molar-refractivity contribution in [3.05, 3.63) is 60.2 Å². The summed E-state index contributed by atoms with van der Waals surface area (Å²) in [5.74, 6) is 1.08. The van der Waals surface area contributed by atoms with Gasteiger partial charge in [0.15, 0.2) is 11.6 Å². The Labute approximate surface area is 201 Å². The van der Waals surface area contributed by atoms with Crippen LogP contribution >= 0.6 is 0 Å². The number of rotatable bonds is 9. The quantitative estimate of drug-likeness (QED) is 0.235. The van der Waals surface area contributed by atoms with Crippen molar-refractivity contribution in [2.24, 2.45) is 0 Å². The van der Waals surface area contributed by atoms with Gasteiger partial charge in [0.2, 0.25) is 17.1 Å². The lowest BCUT2D eigenvalue weighted by Gasteiger charge is -2.29. The lowest BCUT2D eigenvalue weighted by molar-refractivity contribution is -0.112. The van der Waals surface area contributed by atoms with E-state index in [0.717, 1.165) is 16.7 Å². The molecule has 0 saturated carbocycles. The summed E-state index contributed by atoms with van der Waals surface area (Å²) in [6.07, 6.45) is -6.50. The van der Waals surface area contributed by atoms with Crippen molar-refractivity contribution in [3.63, 3.8) is 0 Å². The molecular formula is C25H28N4O6. The number of anilines is 1. The van der Waals surface area contributed by atoms with Gasteiger partial charge in [-0.05, 0) is 19.1 Å². The molecule has 4 rings (SSSR count). The van der Waals surface area contributed by atoms with E-state index in [1.54, 1.807) is 11.9 Å². The van der Waals surface area contributed by atoms with Gasteiger partial charge in [0.05, 0.1) is 12.7 Å². The zero-order chi connectivity index (χ0) is 25.1. The van der Waals surface area contributed by atoms with Gasteiger partial charge >= 0.3 is 0 Å². The van der Waals surface area contributed by atoms with Crippen LogP contribution in [-0.2, 0) is 0 Å². The molecular weight excluding hydrogens is 452 g/mol. The molecule has 10 heteroatoms. The molecule has 4 aromatic rings. The summed E-state index contributed by atoms with van der Waals surface area (Å²) in [5, 5.41) is 49.3. The van der Waals surface area contributed by atoms with E-state index < -0.39 is 31.0 Å². The van der Waals surface area contributed by atoms with E-state index in [2.05, 4.69) is 15.0 Å². The van der Waals surface area contributed by atoms with Gasteiger partial charge in [0.25, 0.3) is 0 Å². The van der Waals surface area contributed by atoms with E-state index in [0.29, 0.717) is 28.8 Å². The maximum absolute atomic E-state index is 10.5. The summed E-state index contributed by atoms with van der Waals surface area (Å²) >= 11 is 0. The first-order valence-electron chi connectivity index (χ1n) is 11.1. The fourth-order valence-corrected chi connectivity index (χ4v) is 3.64. The molecule has 0 aliphatic carbocycles. The van der Waals surface area contributed by atoms with Crippen molar-refractivity contribution in [2.45, 2.75) is 31.3 Å². The summed E-state index contributed by atoms with van der Waals surface area (Å²) in [5.41, 5.74) is 3.23. The first kappa shape index (κ1) is 24.7. The molecule has 0 bridgehead atoms. The number of nitrogens with zero attached hydrogens (tertiary/aromatic N) is 4. The second-order valence-electron chi connectivity index (χ2n) is 8.45. The summed E-state index contributed by atoms with van der Waals surface area (Å²) in [7, 11) is 1.63. The Morgan fingerprint density at radius 3 is 2.14 bits per heavy atom. The SMILES string of the molecule is Cc1ccc(-c2nc3nc(-c4ccccc4)nc(N(C)CC(O)C(O)C(O)C(O)CO)c3o2)cc1. The third-order valence-electron chi connectivity index (χ3n) is 5.71. The normalized spacial score (nSPS) is 15.1. The van der Waals surface area contributed by atoms with E-state index in [4.69, 9.17) is 9.52 Å². The number of likely N-dealkylation sites (N-methyl/N-ethyl adjacent to an activating group) is 1. The minimum atomic E-state index is -1.73. The molecule has 4 unspecified atom stereocenters. The number of hydrogen-bond acceptors (Lipinski definition) is 10. The Morgan fingerprint density at radius 1 is 0.829 bits per heavy atom. The van der Waals surface area contributed by atoms with Crippen LogP contribution in [0.1, 0.15) is 5.56 Å². The highest BCUT2D eigenvalue weighted by atomic mass is 16.4. The van der Waals surface area contributed by atoms with Crippen LogP contribution in [0.5, 0.6) is 0 Å². The lowest BCUT2D eigenvalue weighted by atomic mass is 10.0. The Bertz CT molecular complexity index is 1260. The van der Waals surface area contributed by atoms with Crippen LogP contribution in [0.15, 0.2) is 59.0 Å². The van der Waals surface area contributed by atoms with Crippen LogP contribution in [0.2, 0.25) is 0 Å². The van der Waals surface area contributed by atoms with E-state index in [-0.39, 0.29) is 6.54 Å². The number of aromatic nitrogens is 3. The molecule has 35 heavy (non-hydrogen) atoms. The summed E-state index contributed by atoms with van der Waals surface area (Å²) < 4.78 is 6.04. The number of oxazole rings is 1. The predicted molar refractivity (Wildman–Crippen MR) is 130 cm³/mol. The predicted octanol–water partition coefficient (Wildman–Crippen LogP) is 1.13. The lowest BCUT2D eigenvalue weighted by Crippen LogP contribution is -2.49. The molecule has 0 amide bonds. The van der Waals surface area contributed by atoms with Crippen LogP contribution in [-0.4, -0.2) is 85.1 Å². The Morgan fingerprint density at radius 2 is 1.49 bits per heavy atom. The Kier molecular flexibility index (Phi) is 7.39. The maximum atomic E-state index is 10.5. The van der Waals surface area contributed by atoms with Gasteiger partial charge in [-0.3, -0.25) is 0 Å². The zero-order valence-corrected chi connectivity index (χ0v) is 19.4. The van der Waals surface area contributed by atoms with Crippen LogP contribution in [0, 0.1) is 6.92 Å². The maximum Gasteiger partial charge on any atom is 0.229 e.